The number of sulfone groups is 1. The van der Waals surface area contributed by atoms with E-state index in [0.717, 1.165) is 31.3 Å². The molecule has 1 amide bonds. The van der Waals surface area contributed by atoms with E-state index in [2.05, 4.69) is 5.32 Å². The van der Waals surface area contributed by atoms with Crippen molar-refractivity contribution in [2.45, 2.75) is 41.7 Å². The van der Waals surface area contributed by atoms with Crippen LogP contribution in [0.4, 0.5) is 0 Å². The van der Waals surface area contributed by atoms with Crippen molar-refractivity contribution in [2.24, 2.45) is 5.41 Å². The van der Waals surface area contributed by atoms with Gasteiger partial charge >= 0.3 is 0 Å². The summed E-state index contributed by atoms with van der Waals surface area (Å²) in [6.45, 7) is 1.60. The molecule has 3 N–H and O–H groups in total. The Morgan fingerprint density at radius 3 is 2.50 bits per heavy atom. The lowest BCUT2D eigenvalue weighted by Gasteiger charge is -2.36. The van der Waals surface area contributed by atoms with Crippen LogP contribution in [0.5, 0.6) is 5.75 Å². The topological polar surface area (TPSA) is 118 Å². The van der Waals surface area contributed by atoms with Gasteiger partial charge in [-0.15, -0.1) is 0 Å². The monoisotopic (exact) mass is 484 g/mol. The highest BCUT2D eigenvalue weighted by Gasteiger charge is 2.60. The molecule has 5 rings (SSSR count). The molecule has 1 unspecified atom stereocenters. The Bertz CT molecular complexity index is 1330. The van der Waals surface area contributed by atoms with Crippen molar-refractivity contribution in [3.8, 4) is 17.1 Å². The average Bonchev–Trinajstić information content (AvgIpc) is 3.47. The molecule has 1 aliphatic heterocycles. The molecule has 9 heteroatoms. The zero-order valence-electron chi connectivity index (χ0n) is 19.0. The minimum atomic E-state index is -4.06. The van der Waals surface area contributed by atoms with Crippen molar-refractivity contribution in [3.05, 3.63) is 48.5 Å². The van der Waals surface area contributed by atoms with Gasteiger partial charge in [-0.25, -0.2) is 13.9 Å². The van der Waals surface area contributed by atoms with Crippen LogP contribution in [0, 0.1) is 5.41 Å². The molecule has 8 nitrogen and oxygen atoms in total. The van der Waals surface area contributed by atoms with Crippen LogP contribution < -0.4 is 15.5 Å². The predicted octanol–water partition coefficient (Wildman–Crippen LogP) is 3.68. The fourth-order valence-electron chi connectivity index (χ4n) is 5.66. The molecule has 1 spiro atoms. The minimum Gasteiger partial charge on any atom is -0.496 e. The highest BCUT2D eigenvalue weighted by Crippen LogP contribution is 2.54. The van der Waals surface area contributed by atoms with E-state index < -0.39 is 20.5 Å². The number of carbonyl (C=O) groups is 1. The molecule has 0 radical (unpaired) electrons. The zero-order chi connectivity index (χ0) is 24.0. The van der Waals surface area contributed by atoms with Gasteiger partial charge in [-0.05, 0) is 93.1 Å². The Labute approximate surface area is 198 Å². The maximum Gasteiger partial charge on any atom is 0.265 e. The van der Waals surface area contributed by atoms with Gasteiger partial charge in [0, 0.05) is 5.56 Å². The van der Waals surface area contributed by atoms with Crippen LogP contribution in [0.2, 0.25) is 0 Å². The van der Waals surface area contributed by atoms with Crippen molar-refractivity contribution in [1.29, 1.82) is 0 Å². The number of rotatable bonds is 5. The van der Waals surface area contributed by atoms with Crippen molar-refractivity contribution in [3.63, 3.8) is 0 Å². The van der Waals surface area contributed by atoms with Crippen LogP contribution in [0.1, 0.15) is 32.1 Å². The minimum absolute atomic E-state index is 0.0551. The summed E-state index contributed by atoms with van der Waals surface area (Å²) in [6.07, 6.45) is 2.67. The molecule has 34 heavy (non-hydrogen) atoms. The third-order valence-electron chi connectivity index (χ3n) is 7.60. The number of methoxy groups -OCH3 is 1. The third-order valence-corrected chi connectivity index (χ3v) is 10.1. The lowest BCUT2D eigenvalue weighted by Crippen LogP contribution is -2.51. The van der Waals surface area contributed by atoms with Crippen molar-refractivity contribution in [1.82, 2.24) is 10.8 Å². The zero-order valence-corrected chi connectivity index (χ0v) is 19.8. The van der Waals surface area contributed by atoms with Gasteiger partial charge in [0.2, 0.25) is 0 Å². The standard InChI is InChI=1S/C25H28N2O6S/c1-32-20-3-2-4-21-19(20)15-22(33-21)17-5-7-18(8-6-17)34(30,31)25(23(28)27-29)10-9-24(16-25)11-13-26-14-12-24/h2-8,15,26,29H,9-14,16H2,1H3,(H,27,28). The maximum atomic E-state index is 13.8. The first-order valence-corrected chi connectivity index (χ1v) is 12.9. The highest BCUT2D eigenvalue weighted by molar-refractivity contribution is 7.93. The number of ether oxygens (including phenoxy) is 1. The van der Waals surface area contributed by atoms with Crippen LogP contribution >= 0.6 is 0 Å². The SMILES string of the molecule is COc1cccc2oc(-c3ccc(S(=O)(=O)C4(C(=O)NO)CCC5(CCNCC5)C4)cc3)cc12. The summed E-state index contributed by atoms with van der Waals surface area (Å²) in [5.74, 6) is 0.425. The normalized spacial score (nSPS) is 22.2. The Hall–Kier alpha value is -2.88. The van der Waals surface area contributed by atoms with E-state index in [1.807, 2.05) is 24.3 Å². The smallest absolute Gasteiger partial charge is 0.265 e. The van der Waals surface area contributed by atoms with E-state index >= 15 is 0 Å². The molecular formula is C25H28N2O6S. The molecule has 2 aliphatic rings. The number of nitrogens with one attached hydrogen (secondary N) is 2. The summed E-state index contributed by atoms with van der Waals surface area (Å²) < 4.78 is 37.3. The molecule has 1 aliphatic carbocycles. The number of piperidine rings is 1. The lowest BCUT2D eigenvalue weighted by molar-refractivity contribution is -0.132. The second-order valence-corrected chi connectivity index (χ2v) is 11.6. The van der Waals surface area contributed by atoms with Gasteiger partial charge in [0.25, 0.3) is 5.91 Å². The van der Waals surface area contributed by atoms with Gasteiger partial charge in [-0.1, -0.05) is 6.07 Å². The first kappa shape index (κ1) is 22.9. The lowest BCUT2D eigenvalue weighted by atomic mass is 9.77. The number of amides is 1. The van der Waals surface area contributed by atoms with Crippen molar-refractivity contribution in [2.75, 3.05) is 20.2 Å². The van der Waals surface area contributed by atoms with E-state index in [0.29, 0.717) is 29.1 Å². The Morgan fingerprint density at radius 2 is 1.82 bits per heavy atom. The van der Waals surface area contributed by atoms with Crippen LogP contribution in [0.3, 0.4) is 0 Å². The fourth-order valence-corrected chi connectivity index (χ4v) is 7.76. The van der Waals surface area contributed by atoms with Crippen molar-refractivity contribution < 1.29 is 27.6 Å². The third kappa shape index (κ3) is 3.50. The Morgan fingerprint density at radius 1 is 1.09 bits per heavy atom. The molecule has 2 aromatic carbocycles. The molecule has 1 saturated carbocycles. The average molecular weight is 485 g/mol. The first-order valence-electron chi connectivity index (χ1n) is 11.4. The number of furan rings is 1. The molecule has 1 saturated heterocycles. The summed E-state index contributed by atoms with van der Waals surface area (Å²) >= 11 is 0. The molecule has 180 valence electrons. The van der Waals surface area contributed by atoms with Gasteiger partial charge in [0.05, 0.1) is 17.4 Å². The van der Waals surface area contributed by atoms with E-state index in [1.165, 1.54) is 12.1 Å². The van der Waals surface area contributed by atoms with Gasteiger partial charge < -0.3 is 14.5 Å². The summed E-state index contributed by atoms with van der Waals surface area (Å²) in [5, 5.41) is 13.6. The number of benzene rings is 2. The summed E-state index contributed by atoms with van der Waals surface area (Å²) in [7, 11) is -2.47. The number of hydrogen-bond acceptors (Lipinski definition) is 7. The number of hydroxylamine groups is 1. The second kappa shape index (κ2) is 8.41. The summed E-state index contributed by atoms with van der Waals surface area (Å²) in [6, 6.07) is 13.8. The fraction of sp³-hybridized carbons (Fsp3) is 0.400. The Balaban J connectivity index is 1.49. The maximum absolute atomic E-state index is 13.8. The number of carbonyl (C=O) groups excluding carboxylic acids is 1. The van der Waals surface area contributed by atoms with Gasteiger partial charge in [0.1, 0.15) is 17.1 Å². The molecule has 1 atom stereocenters. The second-order valence-electron chi connectivity index (χ2n) is 9.37. The van der Waals surface area contributed by atoms with Gasteiger partial charge in [-0.3, -0.25) is 10.0 Å². The number of fused-ring (bicyclic) bond motifs is 1. The quantitative estimate of drug-likeness (QED) is 0.373. The Kier molecular flexibility index (Phi) is 5.66. The van der Waals surface area contributed by atoms with E-state index in [4.69, 9.17) is 9.15 Å². The molecule has 2 heterocycles. The summed E-state index contributed by atoms with van der Waals surface area (Å²) in [4.78, 5) is 12.9. The van der Waals surface area contributed by atoms with Crippen LogP contribution in [-0.2, 0) is 14.6 Å². The molecule has 3 aromatic rings. The first-order chi connectivity index (χ1) is 16.3. The summed E-state index contributed by atoms with van der Waals surface area (Å²) in [5.41, 5.74) is 2.81. The van der Waals surface area contributed by atoms with Crippen LogP contribution in [0.15, 0.2) is 57.8 Å². The van der Waals surface area contributed by atoms with E-state index in [9.17, 15) is 18.4 Å². The molecule has 2 fully saturated rings. The van der Waals surface area contributed by atoms with E-state index in [1.54, 1.807) is 24.7 Å². The van der Waals surface area contributed by atoms with Gasteiger partial charge in [0.15, 0.2) is 14.6 Å². The predicted molar refractivity (Wildman–Crippen MR) is 126 cm³/mol. The van der Waals surface area contributed by atoms with Crippen LogP contribution in [0.25, 0.3) is 22.3 Å². The molecular weight excluding hydrogens is 456 g/mol. The largest absolute Gasteiger partial charge is 0.496 e. The number of hydrogen-bond donors (Lipinski definition) is 3. The molecule has 0 bridgehead atoms. The van der Waals surface area contributed by atoms with Crippen molar-refractivity contribution >= 4 is 26.7 Å². The van der Waals surface area contributed by atoms with Crippen LogP contribution in [-0.4, -0.2) is 44.5 Å². The molecule has 1 aromatic heterocycles. The highest BCUT2D eigenvalue weighted by atomic mass is 32.2. The van der Waals surface area contributed by atoms with Gasteiger partial charge in [-0.2, -0.15) is 0 Å². The van der Waals surface area contributed by atoms with E-state index in [-0.39, 0.29) is 23.2 Å².